The van der Waals surface area contributed by atoms with Crippen molar-refractivity contribution >= 4 is 28.7 Å². The van der Waals surface area contributed by atoms with Crippen LogP contribution in [-0.2, 0) is 6.54 Å². The van der Waals surface area contributed by atoms with Gasteiger partial charge in [0.25, 0.3) is 11.5 Å². The molecule has 8 heteroatoms. The van der Waals surface area contributed by atoms with Gasteiger partial charge in [0.1, 0.15) is 5.82 Å². The van der Waals surface area contributed by atoms with Gasteiger partial charge in [-0.25, -0.2) is 4.79 Å². The number of nitrogens with two attached hydrogens (primary N) is 1. The first-order chi connectivity index (χ1) is 15.5. The zero-order valence-electron chi connectivity index (χ0n) is 17.8. The maximum atomic E-state index is 13.4. The van der Waals surface area contributed by atoms with E-state index in [-0.39, 0.29) is 24.0 Å². The Morgan fingerprint density at radius 2 is 1.94 bits per heavy atom. The van der Waals surface area contributed by atoms with Crippen molar-refractivity contribution in [2.45, 2.75) is 38.6 Å². The second-order valence-electron chi connectivity index (χ2n) is 7.86. The van der Waals surface area contributed by atoms with E-state index in [0.717, 1.165) is 24.8 Å². The highest BCUT2D eigenvalue weighted by molar-refractivity contribution is 7.12. The van der Waals surface area contributed by atoms with E-state index >= 15 is 0 Å². The standard InChI is InChI=1S/C24H26N4O3S/c25-21-20(22(29)26-24(31)28(21)16-18-10-5-2-6-11-18)27(23(30)19-12-7-15-32-19)14-13-17-8-3-1-4-9-17/h2,5-8,10-12,15H,1,3-4,9,13-14,16,25H2,(H,26,29,31). The summed E-state index contributed by atoms with van der Waals surface area (Å²) in [7, 11) is 0. The number of carbonyl (C=O) groups is 1. The SMILES string of the molecule is Nc1c(N(CCC2=CCCCC2)C(=O)c2cccs2)c(=O)[nH]c(=O)n1Cc1ccccc1. The lowest BCUT2D eigenvalue weighted by atomic mass is 9.97. The molecule has 0 bridgehead atoms. The molecule has 0 radical (unpaired) electrons. The van der Waals surface area contributed by atoms with Crippen LogP contribution in [0.25, 0.3) is 0 Å². The van der Waals surface area contributed by atoms with Crippen molar-refractivity contribution in [3.8, 4) is 0 Å². The monoisotopic (exact) mass is 450 g/mol. The highest BCUT2D eigenvalue weighted by atomic mass is 32.1. The molecule has 166 valence electrons. The van der Waals surface area contributed by atoms with Crippen LogP contribution in [0.2, 0.25) is 0 Å². The quantitative estimate of drug-likeness (QED) is 0.535. The van der Waals surface area contributed by atoms with Crippen LogP contribution in [0.4, 0.5) is 11.5 Å². The van der Waals surface area contributed by atoms with E-state index in [1.165, 1.54) is 32.8 Å². The number of thiophene rings is 1. The molecule has 1 aliphatic rings. The lowest BCUT2D eigenvalue weighted by Crippen LogP contribution is -2.41. The fourth-order valence-corrected chi connectivity index (χ4v) is 4.67. The first kappa shape index (κ1) is 21.8. The molecule has 32 heavy (non-hydrogen) atoms. The van der Waals surface area contributed by atoms with E-state index in [0.29, 0.717) is 17.8 Å². The van der Waals surface area contributed by atoms with E-state index in [1.807, 2.05) is 35.7 Å². The van der Waals surface area contributed by atoms with Crippen molar-refractivity contribution in [3.63, 3.8) is 0 Å². The average molecular weight is 451 g/mol. The molecule has 7 nitrogen and oxygen atoms in total. The number of benzene rings is 1. The summed E-state index contributed by atoms with van der Waals surface area (Å²) in [5, 5.41) is 1.82. The van der Waals surface area contributed by atoms with Gasteiger partial charge in [-0.15, -0.1) is 11.3 Å². The second-order valence-corrected chi connectivity index (χ2v) is 8.80. The number of nitrogens with zero attached hydrogens (tertiary/aromatic N) is 2. The summed E-state index contributed by atoms with van der Waals surface area (Å²) < 4.78 is 1.31. The van der Waals surface area contributed by atoms with Crippen molar-refractivity contribution in [2.24, 2.45) is 0 Å². The number of rotatable bonds is 7. The van der Waals surface area contributed by atoms with Crippen LogP contribution in [-0.4, -0.2) is 22.0 Å². The first-order valence-electron chi connectivity index (χ1n) is 10.7. The number of carbonyl (C=O) groups excluding carboxylic acids is 1. The second kappa shape index (κ2) is 9.82. The zero-order chi connectivity index (χ0) is 22.5. The topological polar surface area (TPSA) is 101 Å². The molecule has 4 rings (SSSR count). The lowest BCUT2D eigenvalue weighted by molar-refractivity contribution is 0.0990. The third-order valence-corrected chi connectivity index (χ3v) is 6.54. The van der Waals surface area contributed by atoms with Crippen molar-refractivity contribution in [2.75, 3.05) is 17.2 Å². The molecular weight excluding hydrogens is 424 g/mol. The van der Waals surface area contributed by atoms with Gasteiger partial charge in [0.2, 0.25) is 0 Å². The van der Waals surface area contributed by atoms with Crippen LogP contribution in [0, 0.1) is 0 Å². The molecular formula is C24H26N4O3S. The van der Waals surface area contributed by atoms with E-state index in [4.69, 9.17) is 5.73 Å². The molecule has 0 fully saturated rings. The molecule has 2 aromatic heterocycles. The van der Waals surface area contributed by atoms with Crippen LogP contribution < -0.4 is 21.9 Å². The van der Waals surface area contributed by atoms with Gasteiger partial charge in [0.05, 0.1) is 11.4 Å². The summed E-state index contributed by atoms with van der Waals surface area (Å²) in [6.07, 6.45) is 7.24. The van der Waals surface area contributed by atoms with Gasteiger partial charge >= 0.3 is 5.69 Å². The molecule has 0 saturated carbocycles. The van der Waals surface area contributed by atoms with Gasteiger partial charge in [-0.2, -0.15) is 0 Å². The Morgan fingerprint density at radius 1 is 1.12 bits per heavy atom. The Kier molecular flexibility index (Phi) is 6.70. The van der Waals surface area contributed by atoms with Gasteiger partial charge in [0.15, 0.2) is 5.69 Å². The Labute approximate surface area is 189 Å². The van der Waals surface area contributed by atoms with Gasteiger partial charge in [-0.1, -0.05) is 48.0 Å². The van der Waals surface area contributed by atoms with Gasteiger partial charge in [-0.3, -0.25) is 24.0 Å². The van der Waals surface area contributed by atoms with E-state index < -0.39 is 11.2 Å². The first-order valence-corrected chi connectivity index (χ1v) is 11.6. The number of anilines is 2. The van der Waals surface area contributed by atoms with E-state index in [2.05, 4.69) is 11.1 Å². The number of nitrogens with one attached hydrogen (secondary N) is 1. The summed E-state index contributed by atoms with van der Waals surface area (Å²) >= 11 is 1.31. The minimum absolute atomic E-state index is 0.00914. The predicted molar refractivity (Wildman–Crippen MR) is 128 cm³/mol. The Hall–Kier alpha value is -3.39. The number of H-pyrrole nitrogens is 1. The number of amides is 1. The molecule has 3 aromatic rings. The fourth-order valence-electron chi connectivity index (χ4n) is 4.00. The average Bonchev–Trinajstić information content (AvgIpc) is 3.35. The molecule has 1 amide bonds. The van der Waals surface area contributed by atoms with Gasteiger partial charge < -0.3 is 5.73 Å². The van der Waals surface area contributed by atoms with Gasteiger partial charge in [-0.05, 0) is 49.1 Å². The zero-order valence-corrected chi connectivity index (χ0v) is 18.6. The minimum Gasteiger partial charge on any atom is -0.383 e. The molecule has 0 atom stereocenters. The molecule has 1 aromatic carbocycles. The summed E-state index contributed by atoms with van der Waals surface area (Å²) in [5.74, 6) is -0.302. The summed E-state index contributed by atoms with van der Waals surface area (Å²) in [4.78, 5) is 43.1. The van der Waals surface area contributed by atoms with Crippen molar-refractivity contribution in [3.05, 3.63) is 90.8 Å². The third kappa shape index (κ3) is 4.75. The van der Waals surface area contributed by atoms with E-state index in [1.54, 1.807) is 12.1 Å². The number of aromatic nitrogens is 2. The van der Waals surface area contributed by atoms with Gasteiger partial charge in [0, 0.05) is 6.54 Å². The highest BCUT2D eigenvalue weighted by Gasteiger charge is 2.26. The smallest absolute Gasteiger partial charge is 0.330 e. The Morgan fingerprint density at radius 3 is 2.62 bits per heavy atom. The molecule has 2 heterocycles. The Bertz CT molecular complexity index is 1230. The number of hydrogen-bond acceptors (Lipinski definition) is 5. The van der Waals surface area contributed by atoms with Crippen LogP contribution in [0.3, 0.4) is 0 Å². The summed E-state index contributed by atoms with van der Waals surface area (Å²) in [6, 6.07) is 12.9. The summed E-state index contributed by atoms with van der Waals surface area (Å²) in [6.45, 7) is 0.515. The Balaban J connectivity index is 1.74. The van der Waals surface area contributed by atoms with Crippen molar-refractivity contribution < 1.29 is 4.79 Å². The largest absolute Gasteiger partial charge is 0.383 e. The highest BCUT2D eigenvalue weighted by Crippen LogP contribution is 2.25. The predicted octanol–water partition coefficient (Wildman–Crippen LogP) is 3.77. The van der Waals surface area contributed by atoms with Crippen LogP contribution in [0.5, 0.6) is 0 Å². The minimum atomic E-state index is -0.653. The lowest BCUT2D eigenvalue weighted by Gasteiger charge is -2.25. The van der Waals surface area contributed by atoms with E-state index in [9.17, 15) is 14.4 Å². The molecule has 0 saturated heterocycles. The van der Waals surface area contributed by atoms with Crippen LogP contribution in [0.15, 0.2) is 69.1 Å². The fraction of sp³-hybridized carbons (Fsp3) is 0.292. The maximum Gasteiger partial charge on any atom is 0.330 e. The maximum absolute atomic E-state index is 13.4. The molecule has 0 aliphatic heterocycles. The molecule has 0 unspecified atom stereocenters. The number of allylic oxidation sites excluding steroid dienone is 1. The number of aromatic amines is 1. The molecule has 1 aliphatic carbocycles. The third-order valence-electron chi connectivity index (χ3n) is 5.69. The number of nitrogen functional groups attached to an aromatic ring is 1. The van der Waals surface area contributed by atoms with Crippen LogP contribution >= 0.6 is 11.3 Å². The van der Waals surface area contributed by atoms with Crippen molar-refractivity contribution in [1.29, 1.82) is 0 Å². The van der Waals surface area contributed by atoms with Crippen LogP contribution in [0.1, 0.15) is 47.3 Å². The number of hydrogen-bond donors (Lipinski definition) is 2. The summed E-state index contributed by atoms with van der Waals surface area (Å²) in [5.41, 5.74) is 7.29. The molecule has 0 spiro atoms. The normalized spacial score (nSPS) is 13.6. The molecule has 3 N–H and O–H groups in total. The van der Waals surface area contributed by atoms with Crippen molar-refractivity contribution in [1.82, 2.24) is 9.55 Å².